The standard InChI is InChI=1S/C21H26N2O3/c1-25-19-13-17(14-20(15-19)26-2)22-21(24)23-11-7-6-10-18(23)12-16-8-4-3-5-9-16/h3-5,8-9,13-15,18H,6-7,10-12H2,1-2H3,(H,22,24)/t18-/m0/s1. The van der Waals surface area contributed by atoms with Crippen molar-refractivity contribution in [2.75, 3.05) is 26.1 Å². The average Bonchev–Trinajstić information content (AvgIpc) is 2.68. The average molecular weight is 354 g/mol. The Bertz CT molecular complexity index is 711. The number of hydrogen-bond acceptors (Lipinski definition) is 3. The van der Waals surface area contributed by atoms with Crippen molar-refractivity contribution in [3.05, 3.63) is 54.1 Å². The number of carbonyl (C=O) groups is 1. The summed E-state index contributed by atoms with van der Waals surface area (Å²) < 4.78 is 10.6. The van der Waals surface area contributed by atoms with Crippen molar-refractivity contribution in [1.29, 1.82) is 0 Å². The van der Waals surface area contributed by atoms with Crippen molar-refractivity contribution in [3.8, 4) is 11.5 Å². The second-order valence-corrected chi connectivity index (χ2v) is 6.56. The van der Waals surface area contributed by atoms with Crippen LogP contribution in [0, 0.1) is 0 Å². The Labute approximate surface area is 154 Å². The minimum absolute atomic E-state index is 0.0686. The number of rotatable bonds is 5. The molecule has 1 atom stereocenters. The molecule has 1 saturated heterocycles. The summed E-state index contributed by atoms with van der Waals surface area (Å²) in [6.07, 6.45) is 4.12. The number of urea groups is 1. The molecule has 0 unspecified atom stereocenters. The fraction of sp³-hybridized carbons (Fsp3) is 0.381. The van der Waals surface area contributed by atoms with E-state index in [-0.39, 0.29) is 12.1 Å². The van der Waals surface area contributed by atoms with Gasteiger partial charge in [-0.3, -0.25) is 0 Å². The Kier molecular flexibility index (Phi) is 6.00. The van der Waals surface area contributed by atoms with E-state index in [1.165, 1.54) is 5.56 Å². The van der Waals surface area contributed by atoms with Crippen LogP contribution in [0.15, 0.2) is 48.5 Å². The molecule has 0 aliphatic carbocycles. The van der Waals surface area contributed by atoms with Crippen LogP contribution in [0.1, 0.15) is 24.8 Å². The van der Waals surface area contributed by atoms with E-state index in [1.807, 2.05) is 23.1 Å². The van der Waals surface area contributed by atoms with E-state index >= 15 is 0 Å². The highest BCUT2D eigenvalue weighted by atomic mass is 16.5. The molecule has 0 spiro atoms. The van der Waals surface area contributed by atoms with Crippen LogP contribution in [0.25, 0.3) is 0 Å². The molecule has 0 bridgehead atoms. The normalized spacial score (nSPS) is 16.8. The van der Waals surface area contributed by atoms with Crippen LogP contribution >= 0.6 is 0 Å². The summed E-state index contributed by atoms with van der Waals surface area (Å²) in [4.78, 5) is 14.9. The summed E-state index contributed by atoms with van der Waals surface area (Å²) in [7, 11) is 3.20. The van der Waals surface area contributed by atoms with Gasteiger partial charge in [-0.2, -0.15) is 0 Å². The summed E-state index contributed by atoms with van der Waals surface area (Å²) in [6, 6.07) is 15.9. The molecular formula is C21H26N2O3. The number of hydrogen-bond donors (Lipinski definition) is 1. The molecule has 138 valence electrons. The maximum Gasteiger partial charge on any atom is 0.322 e. The van der Waals surface area contributed by atoms with E-state index in [1.54, 1.807) is 32.4 Å². The third-order valence-electron chi connectivity index (χ3n) is 4.80. The van der Waals surface area contributed by atoms with Gasteiger partial charge < -0.3 is 19.7 Å². The lowest BCUT2D eigenvalue weighted by atomic mass is 9.96. The summed E-state index contributed by atoms with van der Waals surface area (Å²) in [5.74, 6) is 1.30. The fourth-order valence-corrected chi connectivity index (χ4v) is 3.44. The number of benzene rings is 2. The van der Waals surface area contributed by atoms with Crippen LogP contribution in [-0.4, -0.2) is 37.7 Å². The molecular weight excluding hydrogens is 328 g/mol. The Morgan fingerprint density at radius 2 is 1.77 bits per heavy atom. The van der Waals surface area contributed by atoms with Gasteiger partial charge in [0.25, 0.3) is 0 Å². The zero-order chi connectivity index (χ0) is 18.4. The molecule has 1 fully saturated rings. The number of anilines is 1. The number of amides is 2. The topological polar surface area (TPSA) is 50.8 Å². The highest BCUT2D eigenvalue weighted by molar-refractivity contribution is 5.90. The van der Waals surface area contributed by atoms with Gasteiger partial charge in [-0.25, -0.2) is 4.79 Å². The quantitative estimate of drug-likeness (QED) is 0.869. The van der Waals surface area contributed by atoms with E-state index < -0.39 is 0 Å². The monoisotopic (exact) mass is 354 g/mol. The minimum Gasteiger partial charge on any atom is -0.497 e. The van der Waals surface area contributed by atoms with Crippen LogP contribution in [0.3, 0.4) is 0 Å². The molecule has 1 heterocycles. The van der Waals surface area contributed by atoms with Crippen LogP contribution < -0.4 is 14.8 Å². The van der Waals surface area contributed by atoms with E-state index in [0.717, 1.165) is 32.2 Å². The molecule has 2 aromatic rings. The lowest BCUT2D eigenvalue weighted by molar-refractivity contribution is 0.162. The van der Waals surface area contributed by atoms with Crippen LogP contribution in [-0.2, 0) is 6.42 Å². The molecule has 3 rings (SSSR count). The first-order valence-corrected chi connectivity index (χ1v) is 9.04. The van der Waals surface area contributed by atoms with E-state index in [0.29, 0.717) is 17.2 Å². The number of methoxy groups -OCH3 is 2. The lowest BCUT2D eigenvalue weighted by Crippen LogP contribution is -2.46. The van der Waals surface area contributed by atoms with Gasteiger partial charge in [-0.15, -0.1) is 0 Å². The number of nitrogens with one attached hydrogen (secondary N) is 1. The number of likely N-dealkylation sites (tertiary alicyclic amines) is 1. The largest absolute Gasteiger partial charge is 0.497 e. The van der Waals surface area contributed by atoms with E-state index in [9.17, 15) is 4.79 Å². The summed E-state index contributed by atoms with van der Waals surface area (Å²) >= 11 is 0. The molecule has 0 radical (unpaired) electrons. The third kappa shape index (κ3) is 4.48. The Balaban J connectivity index is 1.72. The van der Waals surface area contributed by atoms with Crippen LogP contribution in [0.5, 0.6) is 11.5 Å². The maximum atomic E-state index is 12.9. The van der Waals surface area contributed by atoms with E-state index in [4.69, 9.17) is 9.47 Å². The van der Waals surface area contributed by atoms with Crippen molar-refractivity contribution in [1.82, 2.24) is 4.90 Å². The van der Waals surface area contributed by atoms with Gasteiger partial charge in [-0.1, -0.05) is 30.3 Å². The highest BCUT2D eigenvalue weighted by Crippen LogP contribution is 2.27. The first kappa shape index (κ1) is 18.1. The van der Waals surface area contributed by atoms with Gasteiger partial charge in [0.15, 0.2) is 0 Å². The van der Waals surface area contributed by atoms with Crippen molar-refractivity contribution in [2.24, 2.45) is 0 Å². The SMILES string of the molecule is COc1cc(NC(=O)N2CCCC[C@H]2Cc2ccccc2)cc(OC)c1. The molecule has 5 heteroatoms. The van der Waals surface area contributed by atoms with Gasteiger partial charge in [0.05, 0.1) is 14.2 Å². The zero-order valence-corrected chi connectivity index (χ0v) is 15.4. The molecule has 0 saturated carbocycles. The van der Waals surface area contributed by atoms with Crippen molar-refractivity contribution in [3.63, 3.8) is 0 Å². The van der Waals surface area contributed by atoms with Gasteiger partial charge in [0, 0.05) is 36.5 Å². The van der Waals surface area contributed by atoms with Crippen molar-refractivity contribution < 1.29 is 14.3 Å². The summed E-state index contributed by atoms with van der Waals surface area (Å²) in [6.45, 7) is 0.782. The van der Waals surface area contributed by atoms with Crippen molar-refractivity contribution >= 4 is 11.7 Å². The zero-order valence-electron chi connectivity index (χ0n) is 15.4. The van der Waals surface area contributed by atoms with Gasteiger partial charge in [-0.05, 0) is 31.2 Å². The molecule has 5 nitrogen and oxygen atoms in total. The Hall–Kier alpha value is -2.69. The predicted molar refractivity (Wildman–Crippen MR) is 103 cm³/mol. The van der Waals surface area contributed by atoms with Crippen LogP contribution in [0.2, 0.25) is 0 Å². The third-order valence-corrected chi connectivity index (χ3v) is 4.80. The molecule has 2 amide bonds. The smallest absolute Gasteiger partial charge is 0.322 e. The molecule has 1 N–H and O–H groups in total. The van der Waals surface area contributed by atoms with Crippen LogP contribution in [0.4, 0.5) is 10.5 Å². The first-order valence-electron chi connectivity index (χ1n) is 9.04. The second kappa shape index (κ2) is 8.61. The minimum atomic E-state index is -0.0686. The van der Waals surface area contributed by atoms with Crippen molar-refractivity contribution in [2.45, 2.75) is 31.7 Å². The van der Waals surface area contributed by atoms with Gasteiger partial charge >= 0.3 is 6.03 Å². The number of carbonyl (C=O) groups excluding carboxylic acids is 1. The van der Waals surface area contributed by atoms with E-state index in [2.05, 4.69) is 17.4 Å². The first-order chi connectivity index (χ1) is 12.7. The number of ether oxygens (including phenoxy) is 2. The number of nitrogens with zero attached hydrogens (tertiary/aromatic N) is 1. The highest BCUT2D eigenvalue weighted by Gasteiger charge is 2.27. The van der Waals surface area contributed by atoms with Gasteiger partial charge in [0.2, 0.25) is 0 Å². The molecule has 0 aromatic heterocycles. The maximum absolute atomic E-state index is 12.9. The second-order valence-electron chi connectivity index (χ2n) is 6.56. The summed E-state index contributed by atoms with van der Waals surface area (Å²) in [5.41, 5.74) is 1.94. The lowest BCUT2D eigenvalue weighted by Gasteiger charge is -2.36. The van der Waals surface area contributed by atoms with Gasteiger partial charge in [0.1, 0.15) is 11.5 Å². The Morgan fingerprint density at radius 3 is 2.42 bits per heavy atom. The predicted octanol–water partition coefficient (Wildman–Crippen LogP) is 4.33. The fourth-order valence-electron chi connectivity index (χ4n) is 3.44. The molecule has 2 aromatic carbocycles. The molecule has 1 aliphatic heterocycles. The molecule has 1 aliphatic rings. The Morgan fingerprint density at radius 1 is 1.08 bits per heavy atom. The summed E-state index contributed by atoms with van der Waals surface area (Å²) in [5, 5.41) is 3.00. The molecule has 26 heavy (non-hydrogen) atoms. The number of piperidine rings is 1.